The van der Waals surface area contributed by atoms with E-state index < -0.39 is 0 Å². The molecule has 3 N–H and O–H groups in total. The van der Waals surface area contributed by atoms with E-state index in [2.05, 4.69) is 10.2 Å². The Labute approximate surface area is 136 Å². The second-order valence-electron chi connectivity index (χ2n) is 5.51. The number of nitrogens with two attached hydrogens (primary N) is 1. The molecule has 7 heteroatoms. The summed E-state index contributed by atoms with van der Waals surface area (Å²) in [5.74, 6) is -0.0832. The van der Waals surface area contributed by atoms with Crippen LogP contribution in [0.25, 0.3) is 0 Å². The number of amides is 2. The van der Waals surface area contributed by atoms with Crippen molar-refractivity contribution in [2.24, 2.45) is 0 Å². The maximum atomic E-state index is 12.3. The fraction of sp³-hybridized carbons (Fsp3) is 0.500. The van der Waals surface area contributed by atoms with Crippen LogP contribution in [0.5, 0.6) is 0 Å². The molecule has 1 aromatic rings. The SMILES string of the molecule is CCOC(=O)N1CCN(C(C)C(=O)Nc2cccc(N)c2)CC1. The summed E-state index contributed by atoms with van der Waals surface area (Å²) in [4.78, 5) is 27.7. The van der Waals surface area contributed by atoms with Crippen LogP contribution in [-0.4, -0.2) is 60.6 Å². The average Bonchev–Trinajstić information content (AvgIpc) is 2.54. The Morgan fingerprint density at radius 2 is 2.00 bits per heavy atom. The van der Waals surface area contributed by atoms with E-state index in [1.54, 1.807) is 36.1 Å². The van der Waals surface area contributed by atoms with Crippen LogP contribution in [0.15, 0.2) is 24.3 Å². The number of rotatable bonds is 4. The van der Waals surface area contributed by atoms with Gasteiger partial charge < -0.3 is 20.7 Å². The van der Waals surface area contributed by atoms with E-state index in [4.69, 9.17) is 10.5 Å². The van der Waals surface area contributed by atoms with E-state index in [0.717, 1.165) is 0 Å². The summed E-state index contributed by atoms with van der Waals surface area (Å²) in [6, 6.07) is 6.82. The molecule has 7 nitrogen and oxygen atoms in total. The molecule has 126 valence electrons. The molecule has 23 heavy (non-hydrogen) atoms. The summed E-state index contributed by atoms with van der Waals surface area (Å²) in [7, 11) is 0. The highest BCUT2D eigenvalue weighted by Crippen LogP contribution is 2.14. The molecule has 2 amide bonds. The molecule has 1 saturated heterocycles. The van der Waals surface area contributed by atoms with Gasteiger partial charge in [-0.05, 0) is 32.0 Å². The van der Waals surface area contributed by atoms with E-state index in [-0.39, 0.29) is 18.0 Å². The van der Waals surface area contributed by atoms with Crippen molar-refractivity contribution in [2.45, 2.75) is 19.9 Å². The molecule has 1 fully saturated rings. The van der Waals surface area contributed by atoms with Gasteiger partial charge in [0.15, 0.2) is 0 Å². The van der Waals surface area contributed by atoms with Crippen LogP contribution >= 0.6 is 0 Å². The molecule has 0 aliphatic carbocycles. The number of nitrogens with one attached hydrogen (secondary N) is 1. The molecule has 2 rings (SSSR count). The molecule has 1 aliphatic rings. The normalized spacial score (nSPS) is 16.7. The summed E-state index contributed by atoms with van der Waals surface area (Å²) >= 11 is 0. The predicted octanol–water partition coefficient (Wildman–Crippen LogP) is 1.37. The molecule has 0 bridgehead atoms. The maximum absolute atomic E-state index is 12.3. The summed E-state index contributed by atoms with van der Waals surface area (Å²) in [5.41, 5.74) is 7.01. The van der Waals surface area contributed by atoms with E-state index in [1.165, 1.54) is 0 Å². The van der Waals surface area contributed by atoms with Crippen molar-refractivity contribution in [2.75, 3.05) is 43.8 Å². The van der Waals surface area contributed by atoms with E-state index in [9.17, 15) is 9.59 Å². The Hall–Kier alpha value is -2.28. The van der Waals surface area contributed by atoms with Gasteiger partial charge in [-0.3, -0.25) is 9.69 Å². The first-order chi connectivity index (χ1) is 11.0. The summed E-state index contributed by atoms with van der Waals surface area (Å²) in [6.45, 7) is 6.44. The first kappa shape index (κ1) is 17.1. The van der Waals surface area contributed by atoms with Crippen molar-refractivity contribution in [3.63, 3.8) is 0 Å². The van der Waals surface area contributed by atoms with E-state index >= 15 is 0 Å². The Balaban J connectivity index is 1.85. The number of benzene rings is 1. The predicted molar refractivity (Wildman–Crippen MR) is 89.1 cm³/mol. The number of nitrogen functional groups attached to an aromatic ring is 1. The zero-order valence-corrected chi connectivity index (χ0v) is 13.6. The third kappa shape index (κ3) is 4.59. The minimum Gasteiger partial charge on any atom is -0.450 e. The smallest absolute Gasteiger partial charge is 0.409 e. The first-order valence-electron chi connectivity index (χ1n) is 7.83. The van der Waals surface area contributed by atoms with Crippen LogP contribution in [0.2, 0.25) is 0 Å². The number of carbonyl (C=O) groups excluding carboxylic acids is 2. The third-order valence-corrected chi connectivity index (χ3v) is 3.92. The number of piperazine rings is 1. The Morgan fingerprint density at radius 3 is 2.61 bits per heavy atom. The monoisotopic (exact) mass is 320 g/mol. The molecule has 0 aromatic heterocycles. The number of hydrogen-bond acceptors (Lipinski definition) is 5. The molecule has 0 saturated carbocycles. The van der Waals surface area contributed by atoms with Gasteiger partial charge in [-0.25, -0.2) is 4.79 Å². The lowest BCUT2D eigenvalue weighted by Gasteiger charge is -2.36. The minimum atomic E-state index is -0.288. The Morgan fingerprint density at radius 1 is 1.30 bits per heavy atom. The molecular formula is C16H24N4O3. The standard InChI is InChI=1S/C16H24N4O3/c1-3-23-16(22)20-9-7-19(8-10-20)12(2)15(21)18-14-6-4-5-13(17)11-14/h4-6,11-12H,3,7-10,17H2,1-2H3,(H,18,21). The first-order valence-corrected chi connectivity index (χ1v) is 7.83. The molecule has 1 unspecified atom stereocenters. The van der Waals surface area contributed by atoms with Gasteiger partial charge >= 0.3 is 6.09 Å². The lowest BCUT2D eigenvalue weighted by molar-refractivity contribution is -0.121. The van der Waals surface area contributed by atoms with Crippen molar-refractivity contribution in [3.8, 4) is 0 Å². The Bertz CT molecular complexity index is 556. The van der Waals surface area contributed by atoms with E-state index in [1.807, 2.05) is 6.92 Å². The Kier molecular flexibility index (Phi) is 5.81. The summed E-state index contributed by atoms with van der Waals surface area (Å²) < 4.78 is 4.99. The molecule has 1 aromatic carbocycles. The van der Waals surface area contributed by atoms with Crippen LogP contribution < -0.4 is 11.1 Å². The van der Waals surface area contributed by atoms with Crippen LogP contribution in [0.1, 0.15) is 13.8 Å². The second-order valence-corrected chi connectivity index (χ2v) is 5.51. The van der Waals surface area contributed by atoms with Crippen molar-refractivity contribution in [3.05, 3.63) is 24.3 Å². The van der Waals surface area contributed by atoms with Gasteiger partial charge in [0, 0.05) is 37.6 Å². The second kappa shape index (κ2) is 7.82. The molecule has 0 spiro atoms. The highest BCUT2D eigenvalue weighted by Gasteiger charge is 2.27. The number of hydrogen-bond donors (Lipinski definition) is 2. The molecule has 1 aliphatic heterocycles. The van der Waals surface area contributed by atoms with Gasteiger partial charge in [0.05, 0.1) is 12.6 Å². The van der Waals surface area contributed by atoms with Crippen molar-refractivity contribution in [1.82, 2.24) is 9.80 Å². The van der Waals surface area contributed by atoms with Crippen molar-refractivity contribution in [1.29, 1.82) is 0 Å². The van der Waals surface area contributed by atoms with Gasteiger partial charge in [0.2, 0.25) is 5.91 Å². The lowest BCUT2D eigenvalue weighted by Crippen LogP contribution is -2.54. The highest BCUT2D eigenvalue weighted by molar-refractivity contribution is 5.94. The summed E-state index contributed by atoms with van der Waals surface area (Å²) in [5, 5.41) is 2.87. The van der Waals surface area contributed by atoms with Gasteiger partial charge in [-0.1, -0.05) is 6.07 Å². The fourth-order valence-electron chi connectivity index (χ4n) is 2.54. The molecule has 1 atom stereocenters. The number of anilines is 2. The number of ether oxygens (including phenoxy) is 1. The quantitative estimate of drug-likeness (QED) is 0.818. The summed E-state index contributed by atoms with van der Waals surface area (Å²) in [6.07, 6.45) is -0.288. The van der Waals surface area contributed by atoms with Crippen molar-refractivity contribution >= 4 is 23.4 Å². The highest BCUT2D eigenvalue weighted by atomic mass is 16.6. The molecular weight excluding hydrogens is 296 g/mol. The van der Waals surface area contributed by atoms with Gasteiger partial charge in [-0.2, -0.15) is 0 Å². The van der Waals surface area contributed by atoms with E-state index in [0.29, 0.717) is 44.2 Å². The van der Waals surface area contributed by atoms with Crippen LogP contribution in [0.3, 0.4) is 0 Å². The average molecular weight is 320 g/mol. The van der Waals surface area contributed by atoms with Crippen molar-refractivity contribution < 1.29 is 14.3 Å². The largest absolute Gasteiger partial charge is 0.450 e. The van der Waals surface area contributed by atoms with Crippen LogP contribution in [0.4, 0.5) is 16.2 Å². The number of nitrogens with zero attached hydrogens (tertiary/aromatic N) is 2. The third-order valence-electron chi connectivity index (χ3n) is 3.92. The van der Waals surface area contributed by atoms with Gasteiger partial charge in [-0.15, -0.1) is 0 Å². The van der Waals surface area contributed by atoms with Gasteiger partial charge in [0.25, 0.3) is 0 Å². The molecule has 0 radical (unpaired) electrons. The topological polar surface area (TPSA) is 87.9 Å². The number of carbonyl (C=O) groups is 2. The fourth-order valence-corrected chi connectivity index (χ4v) is 2.54. The van der Waals surface area contributed by atoms with Crippen LogP contribution in [0, 0.1) is 0 Å². The molecule has 1 heterocycles. The maximum Gasteiger partial charge on any atom is 0.409 e. The lowest BCUT2D eigenvalue weighted by atomic mass is 10.2. The van der Waals surface area contributed by atoms with Crippen LogP contribution in [-0.2, 0) is 9.53 Å². The van der Waals surface area contributed by atoms with Gasteiger partial charge in [0.1, 0.15) is 0 Å². The minimum absolute atomic E-state index is 0.0832. The zero-order valence-electron chi connectivity index (χ0n) is 13.6. The zero-order chi connectivity index (χ0) is 16.8.